The highest BCUT2D eigenvalue weighted by Crippen LogP contribution is 2.43. The molecule has 6 atom stereocenters. The van der Waals surface area contributed by atoms with Gasteiger partial charge in [0.15, 0.2) is 0 Å². The standard InChI is InChI=1S/C33H43ClN2O3S/c1-5-7-23-16-26(34)11-14-28(23)25-19-36-18-24-10-13-29(24)31(38-4)9-6-8-21(2)22(3)33(37)35-40-27-12-15-32(39-20-25)30(36)17-27/h6,9,11-12,14-17,21-22,24-25,29,31H,5,7-8,10,13,18-20H2,1-4H3,(H,35,37)/b9-6+. The van der Waals surface area contributed by atoms with Crippen LogP contribution in [0.25, 0.3) is 0 Å². The second kappa shape index (κ2) is 13.2. The number of carbonyl (C=O) groups is 1. The molecule has 0 aromatic heterocycles. The van der Waals surface area contributed by atoms with Gasteiger partial charge in [-0.2, -0.15) is 0 Å². The maximum Gasteiger partial charge on any atom is 0.233 e. The summed E-state index contributed by atoms with van der Waals surface area (Å²) in [6.45, 7) is 8.83. The quantitative estimate of drug-likeness (QED) is 0.296. The van der Waals surface area contributed by atoms with Crippen molar-refractivity contribution >= 4 is 35.1 Å². The van der Waals surface area contributed by atoms with E-state index < -0.39 is 0 Å². The predicted octanol–water partition coefficient (Wildman–Crippen LogP) is 7.67. The number of anilines is 1. The molecule has 0 saturated heterocycles. The number of amides is 1. The van der Waals surface area contributed by atoms with Crippen molar-refractivity contribution in [2.24, 2.45) is 23.7 Å². The van der Waals surface area contributed by atoms with E-state index in [1.807, 2.05) is 20.1 Å². The van der Waals surface area contributed by atoms with E-state index in [0.717, 1.165) is 53.7 Å². The molecule has 3 aliphatic rings. The van der Waals surface area contributed by atoms with Crippen LogP contribution in [0.2, 0.25) is 5.02 Å². The van der Waals surface area contributed by atoms with Crippen LogP contribution in [0.4, 0.5) is 5.69 Å². The highest BCUT2D eigenvalue weighted by molar-refractivity contribution is 7.98. The number of methoxy groups -OCH3 is 1. The minimum absolute atomic E-state index is 0.0645. The molecule has 2 aromatic carbocycles. The Kier molecular flexibility index (Phi) is 9.70. The number of nitrogens with zero attached hydrogens (tertiary/aromatic N) is 1. The lowest BCUT2D eigenvalue weighted by molar-refractivity contribution is -0.123. The number of carbonyl (C=O) groups excluding carboxylic acids is 1. The Morgan fingerprint density at radius 2 is 2.00 bits per heavy atom. The Morgan fingerprint density at radius 1 is 1.15 bits per heavy atom. The van der Waals surface area contributed by atoms with Crippen LogP contribution in [-0.4, -0.2) is 38.8 Å². The van der Waals surface area contributed by atoms with Gasteiger partial charge >= 0.3 is 0 Å². The summed E-state index contributed by atoms with van der Waals surface area (Å²) < 4.78 is 15.6. The number of benzene rings is 2. The number of rotatable bonds is 4. The van der Waals surface area contributed by atoms with Crippen molar-refractivity contribution in [1.29, 1.82) is 0 Å². The summed E-state index contributed by atoms with van der Waals surface area (Å²) in [5.41, 5.74) is 3.76. The van der Waals surface area contributed by atoms with Crippen molar-refractivity contribution in [1.82, 2.24) is 4.72 Å². The van der Waals surface area contributed by atoms with Crippen molar-refractivity contribution in [2.45, 2.75) is 69.8 Å². The lowest BCUT2D eigenvalue weighted by Gasteiger charge is -2.43. The van der Waals surface area contributed by atoms with E-state index in [2.05, 4.69) is 66.0 Å². The van der Waals surface area contributed by atoms with Gasteiger partial charge in [-0.25, -0.2) is 0 Å². The smallest absolute Gasteiger partial charge is 0.233 e. The number of nitrogens with one attached hydrogen (secondary N) is 1. The molecule has 1 aliphatic carbocycles. The second-order valence-electron chi connectivity index (χ2n) is 11.8. The third-order valence-electron chi connectivity index (χ3n) is 9.21. The van der Waals surface area contributed by atoms with Gasteiger partial charge in [0.05, 0.1) is 18.4 Å². The minimum atomic E-state index is -0.0828. The summed E-state index contributed by atoms with van der Waals surface area (Å²) >= 11 is 7.82. The lowest BCUT2D eigenvalue weighted by Crippen LogP contribution is -2.44. The fourth-order valence-electron chi connectivity index (χ4n) is 6.38. The van der Waals surface area contributed by atoms with E-state index in [1.54, 1.807) is 0 Å². The molecule has 2 heterocycles. The predicted molar refractivity (Wildman–Crippen MR) is 165 cm³/mol. The molecule has 2 aromatic rings. The number of aryl methyl sites for hydroxylation is 1. The van der Waals surface area contributed by atoms with Crippen LogP contribution in [-0.2, 0) is 16.0 Å². The molecule has 0 spiro atoms. The summed E-state index contributed by atoms with van der Waals surface area (Å²) in [6, 6.07) is 12.7. The summed E-state index contributed by atoms with van der Waals surface area (Å²) in [5.74, 6) is 2.40. The highest BCUT2D eigenvalue weighted by atomic mass is 35.5. The van der Waals surface area contributed by atoms with Gasteiger partial charge in [0.2, 0.25) is 5.91 Å². The molecule has 1 N–H and O–H groups in total. The Bertz CT molecular complexity index is 1220. The van der Waals surface area contributed by atoms with Crippen molar-refractivity contribution in [2.75, 3.05) is 31.7 Å². The van der Waals surface area contributed by atoms with Gasteiger partial charge in [-0.3, -0.25) is 9.52 Å². The van der Waals surface area contributed by atoms with Gasteiger partial charge in [-0.15, -0.1) is 0 Å². The number of hydrogen-bond donors (Lipinski definition) is 1. The highest BCUT2D eigenvalue weighted by Gasteiger charge is 2.39. The molecule has 5 rings (SSSR count). The average molecular weight is 583 g/mol. The van der Waals surface area contributed by atoms with Gasteiger partial charge < -0.3 is 14.4 Å². The maximum absolute atomic E-state index is 13.0. The molecule has 5 nitrogen and oxygen atoms in total. The monoisotopic (exact) mass is 582 g/mol. The SMILES string of the molecule is CCCc1cc(Cl)ccc1C1COc2ccc3cc2N(C1)CC1CCC1C(OC)/C=C/CC(C)C(C)C(=O)NS3. The summed E-state index contributed by atoms with van der Waals surface area (Å²) in [6.07, 6.45) is 9.88. The molecular formula is C33H43ClN2O3S. The molecule has 40 heavy (non-hydrogen) atoms. The van der Waals surface area contributed by atoms with E-state index >= 15 is 0 Å². The Hall–Kier alpha value is -2.15. The zero-order chi connectivity index (χ0) is 28.2. The molecule has 7 heteroatoms. The number of fused-ring (bicyclic) bond motifs is 2. The third kappa shape index (κ3) is 6.50. The Labute approximate surface area is 249 Å². The normalized spacial score (nSPS) is 29.8. The largest absolute Gasteiger partial charge is 0.491 e. The van der Waals surface area contributed by atoms with Crippen molar-refractivity contribution in [3.63, 3.8) is 0 Å². The van der Waals surface area contributed by atoms with Crippen LogP contribution in [0.15, 0.2) is 53.4 Å². The van der Waals surface area contributed by atoms with Crippen LogP contribution >= 0.6 is 23.5 Å². The van der Waals surface area contributed by atoms with Crippen molar-refractivity contribution < 1.29 is 14.3 Å². The molecule has 0 radical (unpaired) electrons. The van der Waals surface area contributed by atoms with E-state index in [-0.39, 0.29) is 29.8 Å². The zero-order valence-corrected chi connectivity index (χ0v) is 25.8. The van der Waals surface area contributed by atoms with Gasteiger partial charge in [-0.05, 0) is 96.8 Å². The maximum atomic E-state index is 13.0. The fraction of sp³-hybridized carbons (Fsp3) is 0.545. The van der Waals surface area contributed by atoms with Crippen LogP contribution in [0.5, 0.6) is 5.75 Å². The third-order valence-corrected chi connectivity index (χ3v) is 10.2. The van der Waals surface area contributed by atoms with Crippen LogP contribution in [0.1, 0.15) is 63.5 Å². The summed E-state index contributed by atoms with van der Waals surface area (Å²) in [7, 11) is 1.83. The summed E-state index contributed by atoms with van der Waals surface area (Å²) in [5, 5.41) is 0.790. The molecule has 1 amide bonds. The first kappa shape index (κ1) is 29.3. The first-order valence-corrected chi connectivity index (χ1v) is 16.0. The van der Waals surface area contributed by atoms with E-state index in [4.69, 9.17) is 21.1 Å². The number of hydrogen-bond acceptors (Lipinski definition) is 5. The zero-order valence-electron chi connectivity index (χ0n) is 24.2. The van der Waals surface area contributed by atoms with E-state index in [1.165, 1.54) is 35.9 Å². The Morgan fingerprint density at radius 3 is 2.75 bits per heavy atom. The first-order valence-electron chi connectivity index (χ1n) is 14.8. The second-order valence-corrected chi connectivity index (χ2v) is 13.2. The van der Waals surface area contributed by atoms with E-state index in [0.29, 0.717) is 18.4 Å². The lowest BCUT2D eigenvalue weighted by atomic mass is 9.70. The fourth-order valence-corrected chi connectivity index (χ4v) is 7.29. The molecule has 2 aliphatic heterocycles. The number of halogens is 1. The van der Waals surface area contributed by atoms with Crippen molar-refractivity contribution in [3.8, 4) is 5.75 Å². The van der Waals surface area contributed by atoms with Gasteiger partial charge in [0.1, 0.15) is 5.75 Å². The number of ether oxygens (including phenoxy) is 2. The van der Waals surface area contributed by atoms with Crippen molar-refractivity contribution in [3.05, 3.63) is 64.7 Å². The van der Waals surface area contributed by atoms with Gasteiger partial charge in [-0.1, -0.05) is 57.0 Å². The van der Waals surface area contributed by atoms with Crippen LogP contribution < -0.4 is 14.4 Å². The van der Waals surface area contributed by atoms with Gasteiger partial charge in [0, 0.05) is 42.0 Å². The minimum Gasteiger partial charge on any atom is -0.491 e. The van der Waals surface area contributed by atoms with E-state index in [9.17, 15) is 4.79 Å². The molecule has 216 valence electrons. The Balaban J connectivity index is 1.50. The molecule has 2 bridgehead atoms. The topological polar surface area (TPSA) is 50.8 Å². The average Bonchev–Trinajstić information content (AvgIpc) is 3.11. The van der Waals surface area contributed by atoms with Gasteiger partial charge in [0.25, 0.3) is 0 Å². The molecular weight excluding hydrogens is 540 g/mol. The first-order chi connectivity index (χ1) is 19.4. The molecule has 1 saturated carbocycles. The molecule has 6 unspecified atom stereocenters. The number of allylic oxidation sites excluding steroid dienone is 1. The van der Waals surface area contributed by atoms with Crippen LogP contribution in [0, 0.1) is 23.7 Å². The van der Waals surface area contributed by atoms with Crippen LogP contribution in [0.3, 0.4) is 0 Å². The summed E-state index contributed by atoms with van der Waals surface area (Å²) in [4.78, 5) is 16.5. The molecule has 1 fully saturated rings.